The molecule has 1 heterocycles. The van der Waals surface area contributed by atoms with Crippen LogP contribution in [0.25, 0.3) is 0 Å². The maximum Gasteiger partial charge on any atom is 0.323 e. The minimum absolute atomic E-state index is 0.398. The average Bonchev–Trinajstić information content (AvgIpc) is 2.92. The van der Waals surface area contributed by atoms with Gasteiger partial charge in [0.05, 0.1) is 6.10 Å². The lowest BCUT2D eigenvalue weighted by atomic mass is 9.96. The fourth-order valence-electron chi connectivity index (χ4n) is 3.77. The highest BCUT2D eigenvalue weighted by atomic mass is 16.5. The molecule has 5 nitrogen and oxygen atoms in total. The second-order valence-electron chi connectivity index (χ2n) is 6.40. The highest BCUT2D eigenvalue weighted by Crippen LogP contribution is 2.35. The van der Waals surface area contributed by atoms with Gasteiger partial charge in [-0.25, -0.2) is 0 Å². The van der Waals surface area contributed by atoms with Crippen molar-refractivity contribution in [2.24, 2.45) is 0 Å². The summed E-state index contributed by atoms with van der Waals surface area (Å²) in [6.45, 7) is 7.78. The molecule has 2 N–H and O–H groups in total. The summed E-state index contributed by atoms with van der Waals surface area (Å²) >= 11 is 0. The van der Waals surface area contributed by atoms with Crippen LogP contribution in [0.5, 0.6) is 0 Å². The molecular weight excluding hydrogens is 268 g/mol. The summed E-state index contributed by atoms with van der Waals surface area (Å²) in [6, 6.07) is 0.410. The van der Waals surface area contributed by atoms with E-state index in [4.69, 9.17) is 4.74 Å². The summed E-state index contributed by atoms with van der Waals surface area (Å²) in [5.74, 6) is -0.678. The van der Waals surface area contributed by atoms with Crippen LogP contribution in [0.4, 0.5) is 0 Å². The summed E-state index contributed by atoms with van der Waals surface area (Å²) in [7, 11) is 0. The van der Waals surface area contributed by atoms with Crippen LogP contribution < -0.4 is 5.32 Å². The Morgan fingerprint density at radius 2 is 2.05 bits per heavy atom. The van der Waals surface area contributed by atoms with Gasteiger partial charge in [0.1, 0.15) is 5.54 Å². The standard InChI is InChI=1S/C16H30N2O3/c1-3-9-17-16(15(19)20)8-5-13(12-16)18-10-6-14(7-11-18)21-4-2/h13-14,17H,3-12H2,1-2H3,(H,19,20). The van der Waals surface area contributed by atoms with Crippen LogP contribution in [0.2, 0.25) is 0 Å². The Bertz CT molecular complexity index is 342. The van der Waals surface area contributed by atoms with E-state index in [0.29, 0.717) is 12.1 Å². The minimum Gasteiger partial charge on any atom is -0.480 e. The van der Waals surface area contributed by atoms with Gasteiger partial charge in [0.25, 0.3) is 0 Å². The molecule has 0 spiro atoms. The van der Waals surface area contributed by atoms with Gasteiger partial charge in [-0.05, 0) is 52.0 Å². The number of likely N-dealkylation sites (tertiary alicyclic amines) is 1. The first-order valence-corrected chi connectivity index (χ1v) is 8.45. The van der Waals surface area contributed by atoms with Gasteiger partial charge in [0.15, 0.2) is 0 Å². The molecule has 1 saturated heterocycles. The number of aliphatic carboxylic acids is 1. The van der Waals surface area contributed by atoms with Gasteiger partial charge in [-0.3, -0.25) is 4.79 Å². The van der Waals surface area contributed by atoms with Crippen LogP contribution >= 0.6 is 0 Å². The molecule has 2 aliphatic rings. The fourth-order valence-corrected chi connectivity index (χ4v) is 3.77. The molecule has 122 valence electrons. The van der Waals surface area contributed by atoms with E-state index in [1.165, 1.54) is 0 Å². The first kappa shape index (κ1) is 16.7. The zero-order valence-corrected chi connectivity index (χ0v) is 13.4. The second-order valence-corrected chi connectivity index (χ2v) is 6.40. The number of carboxylic acid groups (broad SMARTS) is 1. The minimum atomic E-state index is -0.697. The number of piperidine rings is 1. The molecule has 5 heteroatoms. The van der Waals surface area contributed by atoms with E-state index in [9.17, 15) is 9.90 Å². The molecule has 1 aliphatic carbocycles. The Kier molecular flexibility index (Phi) is 6.02. The molecule has 2 unspecified atom stereocenters. The van der Waals surface area contributed by atoms with Gasteiger partial charge in [0.2, 0.25) is 0 Å². The first-order chi connectivity index (χ1) is 10.1. The predicted molar refractivity (Wildman–Crippen MR) is 82.5 cm³/mol. The molecule has 2 rings (SSSR count). The first-order valence-electron chi connectivity index (χ1n) is 8.45. The van der Waals surface area contributed by atoms with Gasteiger partial charge in [-0.2, -0.15) is 0 Å². The summed E-state index contributed by atoms with van der Waals surface area (Å²) in [6.07, 6.45) is 6.00. The van der Waals surface area contributed by atoms with E-state index < -0.39 is 11.5 Å². The van der Waals surface area contributed by atoms with Crippen LogP contribution in [0.1, 0.15) is 52.4 Å². The summed E-state index contributed by atoms with van der Waals surface area (Å²) < 4.78 is 5.69. The fraction of sp³-hybridized carbons (Fsp3) is 0.938. The van der Waals surface area contributed by atoms with Crippen LogP contribution in [-0.2, 0) is 9.53 Å². The third-order valence-corrected chi connectivity index (χ3v) is 5.01. The van der Waals surface area contributed by atoms with Crippen molar-refractivity contribution in [1.82, 2.24) is 10.2 Å². The van der Waals surface area contributed by atoms with Crippen molar-refractivity contribution in [3.8, 4) is 0 Å². The van der Waals surface area contributed by atoms with Gasteiger partial charge in [-0.15, -0.1) is 0 Å². The number of carboxylic acids is 1. The summed E-state index contributed by atoms with van der Waals surface area (Å²) in [5.41, 5.74) is -0.697. The number of hydrogen-bond acceptors (Lipinski definition) is 4. The maximum atomic E-state index is 11.7. The number of carbonyl (C=O) groups is 1. The smallest absolute Gasteiger partial charge is 0.323 e. The molecule has 2 fully saturated rings. The molecule has 0 bridgehead atoms. The van der Waals surface area contributed by atoms with Crippen molar-refractivity contribution < 1.29 is 14.6 Å². The van der Waals surface area contributed by atoms with Gasteiger partial charge >= 0.3 is 5.97 Å². The third kappa shape index (κ3) is 3.96. The Morgan fingerprint density at radius 1 is 1.33 bits per heavy atom. The number of nitrogens with one attached hydrogen (secondary N) is 1. The Balaban J connectivity index is 1.88. The molecule has 0 amide bonds. The predicted octanol–water partition coefficient (Wildman–Crippen LogP) is 1.86. The van der Waals surface area contributed by atoms with Gasteiger partial charge in [-0.1, -0.05) is 6.92 Å². The lowest BCUT2D eigenvalue weighted by Gasteiger charge is -2.36. The van der Waals surface area contributed by atoms with E-state index >= 15 is 0 Å². The Morgan fingerprint density at radius 3 is 2.62 bits per heavy atom. The van der Waals surface area contributed by atoms with Crippen molar-refractivity contribution in [2.75, 3.05) is 26.2 Å². The molecule has 1 saturated carbocycles. The molecule has 2 atom stereocenters. The second kappa shape index (κ2) is 7.56. The summed E-state index contributed by atoms with van der Waals surface area (Å²) in [4.78, 5) is 14.2. The van der Waals surface area contributed by atoms with Crippen molar-refractivity contribution in [1.29, 1.82) is 0 Å². The zero-order valence-electron chi connectivity index (χ0n) is 13.4. The van der Waals surface area contributed by atoms with E-state index in [2.05, 4.69) is 17.1 Å². The van der Waals surface area contributed by atoms with Gasteiger partial charge in [0, 0.05) is 25.7 Å². The number of ether oxygens (including phenoxy) is 1. The molecule has 0 aromatic carbocycles. The number of rotatable bonds is 7. The average molecular weight is 298 g/mol. The largest absolute Gasteiger partial charge is 0.480 e. The highest BCUT2D eigenvalue weighted by molar-refractivity contribution is 5.79. The zero-order chi connectivity index (χ0) is 15.3. The monoisotopic (exact) mass is 298 g/mol. The van der Waals surface area contributed by atoms with E-state index in [-0.39, 0.29) is 0 Å². The molecule has 0 aromatic rings. The lowest BCUT2D eigenvalue weighted by Crippen LogP contribution is -2.52. The van der Waals surface area contributed by atoms with Gasteiger partial charge < -0.3 is 20.1 Å². The highest BCUT2D eigenvalue weighted by Gasteiger charge is 2.46. The van der Waals surface area contributed by atoms with E-state index in [1.54, 1.807) is 0 Å². The molecule has 0 aromatic heterocycles. The van der Waals surface area contributed by atoms with E-state index in [0.717, 1.165) is 64.8 Å². The molecule has 1 aliphatic heterocycles. The van der Waals surface area contributed by atoms with Crippen molar-refractivity contribution in [3.05, 3.63) is 0 Å². The van der Waals surface area contributed by atoms with Crippen molar-refractivity contribution >= 4 is 5.97 Å². The lowest BCUT2D eigenvalue weighted by molar-refractivity contribution is -0.144. The number of hydrogen-bond donors (Lipinski definition) is 2. The Hall–Kier alpha value is -0.650. The quantitative estimate of drug-likeness (QED) is 0.751. The van der Waals surface area contributed by atoms with Crippen molar-refractivity contribution in [3.63, 3.8) is 0 Å². The SMILES string of the molecule is CCCNC1(C(=O)O)CCC(N2CCC(OCC)CC2)C1. The normalized spacial score (nSPS) is 31.6. The van der Waals surface area contributed by atoms with Crippen LogP contribution in [0.3, 0.4) is 0 Å². The van der Waals surface area contributed by atoms with Crippen LogP contribution in [-0.4, -0.2) is 59.9 Å². The van der Waals surface area contributed by atoms with Crippen LogP contribution in [0.15, 0.2) is 0 Å². The van der Waals surface area contributed by atoms with Crippen molar-refractivity contribution in [2.45, 2.75) is 70.1 Å². The number of nitrogens with zero attached hydrogens (tertiary/aromatic N) is 1. The molecular formula is C16H30N2O3. The topological polar surface area (TPSA) is 61.8 Å². The van der Waals surface area contributed by atoms with E-state index in [1.807, 2.05) is 6.92 Å². The third-order valence-electron chi connectivity index (χ3n) is 5.01. The molecule has 0 radical (unpaired) electrons. The van der Waals surface area contributed by atoms with Crippen LogP contribution in [0, 0.1) is 0 Å². The maximum absolute atomic E-state index is 11.7. The summed E-state index contributed by atoms with van der Waals surface area (Å²) in [5, 5.41) is 12.9. The Labute approximate surface area is 128 Å². The molecule has 21 heavy (non-hydrogen) atoms.